The van der Waals surface area contributed by atoms with Gasteiger partial charge in [0.2, 0.25) is 10.0 Å². The van der Waals surface area contributed by atoms with E-state index in [2.05, 4.69) is 35.7 Å². The Morgan fingerprint density at radius 2 is 2.00 bits per heavy atom. The Kier molecular flexibility index (Phi) is 7.51. The van der Waals surface area contributed by atoms with Crippen LogP contribution in [0.25, 0.3) is 5.69 Å². The molecular formula is C21H25N3O3S3. The van der Waals surface area contributed by atoms with Crippen LogP contribution in [0.15, 0.2) is 53.9 Å². The molecule has 30 heavy (non-hydrogen) atoms. The number of nitrogens with zero attached hydrogens (tertiary/aromatic N) is 2. The van der Waals surface area contributed by atoms with Gasteiger partial charge < -0.3 is 0 Å². The predicted octanol–water partition coefficient (Wildman–Crippen LogP) is 4.12. The SMILES string of the molecule is CC(C)c1ccccc1-n1ccnc1SCC(=O)c1ccc(CCNS(C)(=O)=O)s1. The van der Waals surface area contributed by atoms with Crippen molar-refractivity contribution in [1.29, 1.82) is 0 Å². The summed E-state index contributed by atoms with van der Waals surface area (Å²) in [4.78, 5) is 18.7. The van der Waals surface area contributed by atoms with Crippen molar-refractivity contribution >= 4 is 38.9 Å². The molecule has 0 unspecified atom stereocenters. The number of imidazole rings is 1. The van der Waals surface area contributed by atoms with Crippen LogP contribution in [0.1, 0.15) is 39.9 Å². The van der Waals surface area contributed by atoms with Gasteiger partial charge in [-0.25, -0.2) is 18.1 Å². The minimum absolute atomic E-state index is 0.0408. The highest BCUT2D eigenvalue weighted by atomic mass is 32.2. The molecule has 2 aromatic heterocycles. The number of thiophene rings is 1. The fourth-order valence-electron chi connectivity index (χ4n) is 3.00. The van der Waals surface area contributed by atoms with Crippen LogP contribution >= 0.6 is 23.1 Å². The number of ketones is 1. The third-order valence-electron chi connectivity index (χ3n) is 4.43. The van der Waals surface area contributed by atoms with E-state index in [1.165, 1.54) is 28.7 Å². The summed E-state index contributed by atoms with van der Waals surface area (Å²) in [7, 11) is -3.20. The highest BCUT2D eigenvalue weighted by molar-refractivity contribution is 7.99. The maximum absolute atomic E-state index is 12.7. The van der Waals surface area contributed by atoms with Crippen molar-refractivity contribution < 1.29 is 13.2 Å². The molecule has 0 bridgehead atoms. The van der Waals surface area contributed by atoms with E-state index in [0.29, 0.717) is 29.5 Å². The van der Waals surface area contributed by atoms with Gasteiger partial charge in [-0.3, -0.25) is 9.36 Å². The van der Waals surface area contributed by atoms with Gasteiger partial charge in [0.1, 0.15) is 0 Å². The van der Waals surface area contributed by atoms with Crippen molar-refractivity contribution in [2.75, 3.05) is 18.6 Å². The van der Waals surface area contributed by atoms with E-state index in [0.717, 1.165) is 22.0 Å². The van der Waals surface area contributed by atoms with Gasteiger partial charge in [0.25, 0.3) is 0 Å². The number of Topliss-reactive ketones (excluding diaryl/α,β-unsaturated/α-hetero) is 1. The van der Waals surface area contributed by atoms with Gasteiger partial charge in [-0.1, -0.05) is 43.8 Å². The molecule has 0 aliphatic rings. The fourth-order valence-corrected chi connectivity index (χ4v) is 5.36. The summed E-state index contributed by atoms with van der Waals surface area (Å²) in [5, 5.41) is 0.783. The molecule has 0 radical (unpaired) electrons. The molecule has 3 aromatic rings. The van der Waals surface area contributed by atoms with Crippen molar-refractivity contribution in [3.63, 3.8) is 0 Å². The Hall–Kier alpha value is -1.94. The number of carbonyl (C=O) groups is 1. The van der Waals surface area contributed by atoms with Gasteiger partial charge in [0, 0.05) is 23.8 Å². The van der Waals surface area contributed by atoms with E-state index in [4.69, 9.17) is 0 Å². The zero-order chi connectivity index (χ0) is 21.7. The summed E-state index contributed by atoms with van der Waals surface area (Å²) in [6.45, 7) is 4.65. The van der Waals surface area contributed by atoms with Gasteiger partial charge in [-0.15, -0.1) is 11.3 Å². The van der Waals surface area contributed by atoms with Gasteiger partial charge in [-0.05, 0) is 36.1 Å². The lowest BCUT2D eigenvalue weighted by Gasteiger charge is -2.15. The average molecular weight is 464 g/mol. The summed E-state index contributed by atoms with van der Waals surface area (Å²) < 4.78 is 26.8. The molecule has 1 N–H and O–H groups in total. The Morgan fingerprint density at radius 3 is 2.73 bits per heavy atom. The molecule has 9 heteroatoms. The van der Waals surface area contributed by atoms with Gasteiger partial charge >= 0.3 is 0 Å². The highest BCUT2D eigenvalue weighted by Gasteiger charge is 2.15. The molecule has 0 spiro atoms. The monoisotopic (exact) mass is 463 g/mol. The summed E-state index contributed by atoms with van der Waals surface area (Å²) >= 11 is 2.83. The number of aromatic nitrogens is 2. The van der Waals surface area contributed by atoms with Crippen LogP contribution in [-0.4, -0.2) is 42.3 Å². The lowest BCUT2D eigenvalue weighted by molar-refractivity contribution is 0.102. The number of hydrogen-bond donors (Lipinski definition) is 1. The molecule has 6 nitrogen and oxygen atoms in total. The molecule has 0 atom stereocenters. The lowest BCUT2D eigenvalue weighted by Crippen LogP contribution is -2.23. The molecule has 2 heterocycles. The first-order valence-electron chi connectivity index (χ1n) is 9.56. The van der Waals surface area contributed by atoms with Gasteiger partial charge in [0.15, 0.2) is 10.9 Å². The van der Waals surface area contributed by atoms with Crippen molar-refractivity contribution in [1.82, 2.24) is 14.3 Å². The van der Waals surface area contributed by atoms with Gasteiger partial charge in [0.05, 0.1) is 22.6 Å². The van der Waals surface area contributed by atoms with Gasteiger partial charge in [-0.2, -0.15) is 0 Å². The van der Waals surface area contributed by atoms with Crippen LogP contribution in [0, 0.1) is 0 Å². The quantitative estimate of drug-likeness (QED) is 0.361. The Balaban J connectivity index is 1.64. The smallest absolute Gasteiger partial charge is 0.208 e. The minimum atomic E-state index is -3.20. The van der Waals surface area contributed by atoms with Crippen molar-refractivity contribution in [2.45, 2.75) is 31.3 Å². The summed E-state index contributed by atoms with van der Waals surface area (Å²) in [6.07, 6.45) is 5.37. The normalized spacial score (nSPS) is 11.9. The maximum Gasteiger partial charge on any atom is 0.208 e. The van der Waals surface area contributed by atoms with E-state index in [-0.39, 0.29) is 5.78 Å². The third kappa shape index (κ3) is 6.04. The average Bonchev–Trinajstić information content (AvgIpc) is 3.34. The second-order valence-electron chi connectivity index (χ2n) is 7.19. The number of hydrogen-bond acceptors (Lipinski definition) is 6. The summed E-state index contributed by atoms with van der Waals surface area (Å²) in [5.41, 5.74) is 2.31. The topological polar surface area (TPSA) is 81.1 Å². The highest BCUT2D eigenvalue weighted by Crippen LogP contribution is 2.28. The van der Waals surface area contributed by atoms with Crippen LogP contribution < -0.4 is 4.72 Å². The van der Waals surface area contributed by atoms with Crippen LogP contribution in [0.2, 0.25) is 0 Å². The van der Waals surface area contributed by atoms with Crippen LogP contribution in [0.4, 0.5) is 0 Å². The van der Waals surface area contributed by atoms with Crippen molar-refractivity contribution in [3.05, 3.63) is 64.1 Å². The number of para-hydroxylation sites is 1. The number of rotatable bonds is 10. The number of nitrogens with one attached hydrogen (secondary N) is 1. The van der Waals surface area contributed by atoms with E-state index < -0.39 is 10.0 Å². The van der Waals surface area contributed by atoms with Crippen LogP contribution in [0.3, 0.4) is 0 Å². The standard InChI is InChI=1S/C21H25N3O3S3/c1-15(2)17-6-4-5-7-18(17)24-13-12-22-21(24)28-14-19(25)20-9-8-16(29-20)10-11-23-30(3,26)27/h4-9,12-13,15,23H,10-11,14H2,1-3H3. The van der Waals surface area contributed by atoms with E-state index in [1.807, 2.05) is 35.0 Å². The Morgan fingerprint density at radius 1 is 1.23 bits per heavy atom. The molecule has 3 rings (SSSR count). The van der Waals surface area contributed by atoms with E-state index >= 15 is 0 Å². The van der Waals surface area contributed by atoms with E-state index in [1.54, 1.807) is 6.20 Å². The van der Waals surface area contributed by atoms with Crippen molar-refractivity contribution in [2.24, 2.45) is 0 Å². The number of sulfonamides is 1. The summed E-state index contributed by atoms with van der Waals surface area (Å²) in [5.74, 6) is 0.714. The van der Waals surface area contributed by atoms with E-state index in [9.17, 15) is 13.2 Å². The molecule has 0 aliphatic carbocycles. The molecule has 160 valence electrons. The first-order chi connectivity index (χ1) is 14.2. The summed E-state index contributed by atoms with van der Waals surface area (Å²) in [6, 6.07) is 11.9. The number of carbonyl (C=O) groups excluding carboxylic acids is 1. The largest absolute Gasteiger partial charge is 0.295 e. The zero-order valence-electron chi connectivity index (χ0n) is 17.2. The Labute approximate surface area is 185 Å². The van der Waals surface area contributed by atoms with Crippen LogP contribution in [-0.2, 0) is 16.4 Å². The minimum Gasteiger partial charge on any atom is -0.295 e. The molecule has 0 saturated carbocycles. The predicted molar refractivity (Wildman–Crippen MR) is 124 cm³/mol. The molecule has 0 saturated heterocycles. The lowest BCUT2D eigenvalue weighted by atomic mass is 10.0. The molecule has 1 aromatic carbocycles. The first kappa shape index (κ1) is 22.7. The molecule has 0 aliphatic heterocycles. The molecule has 0 fully saturated rings. The third-order valence-corrected chi connectivity index (χ3v) is 7.31. The zero-order valence-corrected chi connectivity index (χ0v) is 19.6. The van der Waals surface area contributed by atoms with Crippen LogP contribution in [0.5, 0.6) is 0 Å². The maximum atomic E-state index is 12.7. The first-order valence-corrected chi connectivity index (χ1v) is 13.3. The molecular weight excluding hydrogens is 438 g/mol. The fraction of sp³-hybridized carbons (Fsp3) is 0.333. The Bertz CT molecular complexity index is 1120. The molecule has 0 amide bonds. The number of benzene rings is 1. The number of thioether (sulfide) groups is 1. The second kappa shape index (κ2) is 9.91. The van der Waals surface area contributed by atoms with Crippen molar-refractivity contribution in [3.8, 4) is 5.69 Å². The second-order valence-corrected chi connectivity index (χ2v) is 11.1.